The lowest BCUT2D eigenvalue weighted by molar-refractivity contribution is -0.384. The number of anilines is 1. The van der Waals surface area contributed by atoms with Gasteiger partial charge < -0.3 is 10.4 Å². The summed E-state index contributed by atoms with van der Waals surface area (Å²) in [7, 11) is 0. The number of halogens is 2. The van der Waals surface area contributed by atoms with E-state index in [0.717, 1.165) is 12.1 Å². The van der Waals surface area contributed by atoms with Gasteiger partial charge in [0.05, 0.1) is 8.49 Å². The van der Waals surface area contributed by atoms with Crippen LogP contribution < -0.4 is 5.32 Å². The van der Waals surface area contributed by atoms with Crippen LogP contribution in [0.15, 0.2) is 12.1 Å². The number of nitrogens with zero attached hydrogens (tertiary/aromatic N) is 1. The zero-order chi connectivity index (χ0) is 15.4. The van der Waals surface area contributed by atoms with Crippen LogP contribution in [0.3, 0.4) is 0 Å². The van der Waals surface area contributed by atoms with Crippen LogP contribution in [0, 0.1) is 25.4 Å². The van der Waals surface area contributed by atoms with E-state index in [1.165, 1.54) is 0 Å². The van der Waals surface area contributed by atoms with Crippen molar-refractivity contribution in [1.29, 1.82) is 0 Å². The Kier molecular flexibility index (Phi) is 5.66. The zero-order valence-corrected chi connectivity index (χ0v) is 13.0. The van der Waals surface area contributed by atoms with Gasteiger partial charge in [0, 0.05) is 12.1 Å². The van der Waals surface area contributed by atoms with Gasteiger partial charge in [0.25, 0.3) is 5.69 Å². The van der Waals surface area contributed by atoms with Gasteiger partial charge >= 0.3 is 5.97 Å². The second kappa shape index (κ2) is 6.82. The number of carbonyl (C=O) groups is 1. The van der Waals surface area contributed by atoms with Crippen LogP contribution in [0.25, 0.3) is 0 Å². The summed E-state index contributed by atoms with van der Waals surface area (Å²) in [6.07, 6.45) is 0.278. The van der Waals surface area contributed by atoms with Gasteiger partial charge in [0.2, 0.25) is 0 Å². The molecule has 0 saturated carbocycles. The van der Waals surface area contributed by atoms with Crippen LogP contribution in [0.1, 0.15) is 20.3 Å². The van der Waals surface area contributed by atoms with E-state index in [0.29, 0.717) is 0 Å². The molecule has 0 fully saturated rings. The van der Waals surface area contributed by atoms with Crippen LogP contribution in [0.2, 0.25) is 0 Å². The molecule has 0 aliphatic rings. The Balaban J connectivity index is 3.14. The minimum Gasteiger partial charge on any atom is -0.480 e. The third-order valence-electron chi connectivity index (χ3n) is 2.57. The van der Waals surface area contributed by atoms with E-state index in [-0.39, 0.29) is 27.3 Å². The quantitative estimate of drug-likeness (QED) is 0.438. The molecule has 20 heavy (non-hydrogen) atoms. The minimum absolute atomic E-state index is 0.0800. The Morgan fingerprint density at radius 1 is 1.55 bits per heavy atom. The Morgan fingerprint density at radius 3 is 2.60 bits per heavy atom. The molecule has 0 heterocycles. The molecule has 0 radical (unpaired) electrons. The molecule has 0 aromatic heterocycles. The van der Waals surface area contributed by atoms with E-state index >= 15 is 0 Å². The van der Waals surface area contributed by atoms with E-state index < -0.39 is 22.8 Å². The first-order valence-corrected chi connectivity index (χ1v) is 6.93. The molecule has 6 nitrogen and oxygen atoms in total. The summed E-state index contributed by atoms with van der Waals surface area (Å²) >= 11 is 1.64. The maximum Gasteiger partial charge on any atom is 0.326 e. The molecule has 0 amide bonds. The predicted molar refractivity (Wildman–Crippen MR) is 80.3 cm³/mol. The van der Waals surface area contributed by atoms with E-state index in [1.807, 2.05) is 13.8 Å². The first-order chi connectivity index (χ1) is 9.22. The third-order valence-corrected chi connectivity index (χ3v) is 3.40. The number of carboxylic acids is 1. The largest absolute Gasteiger partial charge is 0.480 e. The molecule has 110 valence electrons. The van der Waals surface area contributed by atoms with Gasteiger partial charge in [0.15, 0.2) is 0 Å². The number of nitro benzene ring substituents is 1. The highest BCUT2D eigenvalue weighted by Gasteiger charge is 2.24. The van der Waals surface area contributed by atoms with Crippen molar-refractivity contribution in [1.82, 2.24) is 0 Å². The van der Waals surface area contributed by atoms with Crippen molar-refractivity contribution < 1.29 is 19.2 Å². The Labute approximate surface area is 128 Å². The molecule has 0 saturated heterocycles. The van der Waals surface area contributed by atoms with Crippen LogP contribution >= 0.6 is 22.6 Å². The summed E-state index contributed by atoms with van der Waals surface area (Å²) in [5, 5.41) is 22.6. The topological polar surface area (TPSA) is 92.5 Å². The predicted octanol–water partition coefficient (Wildman–Crippen LogP) is 3.25. The third kappa shape index (κ3) is 4.29. The van der Waals surface area contributed by atoms with Gasteiger partial charge in [-0.25, -0.2) is 9.18 Å². The molecule has 8 heteroatoms. The molecule has 1 aromatic rings. The lowest BCUT2D eigenvalue weighted by atomic mass is 10.0. The maximum absolute atomic E-state index is 13.5. The van der Waals surface area contributed by atoms with Gasteiger partial charge in [-0.15, -0.1) is 0 Å². The highest BCUT2D eigenvalue weighted by atomic mass is 127. The normalized spacial score (nSPS) is 12.2. The summed E-state index contributed by atoms with van der Waals surface area (Å²) in [5.41, 5.74) is -0.466. The lowest BCUT2D eigenvalue weighted by Crippen LogP contribution is -2.31. The summed E-state index contributed by atoms with van der Waals surface area (Å²) in [5.74, 6) is -1.68. The molecule has 1 aromatic carbocycles. The van der Waals surface area contributed by atoms with Gasteiger partial charge in [0.1, 0.15) is 17.5 Å². The van der Waals surface area contributed by atoms with Crippen molar-refractivity contribution in [3.63, 3.8) is 0 Å². The Morgan fingerprint density at radius 2 is 2.15 bits per heavy atom. The van der Waals surface area contributed by atoms with Crippen molar-refractivity contribution >= 4 is 39.9 Å². The molecule has 1 unspecified atom stereocenters. The zero-order valence-electron chi connectivity index (χ0n) is 10.9. The minimum atomic E-state index is -1.13. The smallest absolute Gasteiger partial charge is 0.326 e. The fourth-order valence-corrected chi connectivity index (χ4v) is 2.13. The van der Waals surface area contributed by atoms with E-state index in [2.05, 4.69) is 5.32 Å². The first-order valence-electron chi connectivity index (χ1n) is 5.85. The maximum atomic E-state index is 13.5. The lowest BCUT2D eigenvalue weighted by Gasteiger charge is -2.17. The van der Waals surface area contributed by atoms with E-state index in [4.69, 9.17) is 5.11 Å². The van der Waals surface area contributed by atoms with Crippen molar-refractivity contribution in [2.75, 3.05) is 5.32 Å². The second-order valence-electron chi connectivity index (χ2n) is 4.71. The highest BCUT2D eigenvalue weighted by Crippen LogP contribution is 2.29. The van der Waals surface area contributed by atoms with Crippen molar-refractivity contribution in [2.24, 2.45) is 5.92 Å². The average molecular weight is 396 g/mol. The number of hydrogen-bond donors (Lipinski definition) is 2. The standard InChI is InChI=1S/C12H14FIN2O4/c1-6(2)3-10(12(17)18)15-9-4-7(13)8(14)5-11(9)16(19)20/h4-6,10,15H,3H2,1-2H3,(H,17,18). The van der Waals surface area contributed by atoms with Gasteiger partial charge in [-0.1, -0.05) is 13.8 Å². The van der Waals surface area contributed by atoms with Gasteiger partial charge in [-0.3, -0.25) is 10.1 Å². The Bertz CT molecular complexity index is 536. The Hall–Kier alpha value is -1.45. The van der Waals surface area contributed by atoms with E-state index in [9.17, 15) is 19.3 Å². The second-order valence-corrected chi connectivity index (χ2v) is 5.87. The number of rotatable bonds is 6. The molecule has 0 aliphatic carbocycles. The van der Waals surface area contributed by atoms with Crippen LogP contribution in [0.5, 0.6) is 0 Å². The van der Waals surface area contributed by atoms with Crippen molar-refractivity contribution in [3.05, 3.63) is 31.6 Å². The SMILES string of the molecule is CC(C)CC(Nc1cc(F)c(I)cc1[N+](=O)[O-])C(=O)O. The molecule has 0 bridgehead atoms. The number of nitrogens with one attached hydrogen (secondary N) is 1. The summed E-state index contributed by atoms with van der Waals surface area (Å²) in [4.78, 5) is 21.4. The van der Waals surface area contributed by atoms with Crippen molar-refractivity contribution in [3.8, 4) is 0 Å². The van der Waals surface area contributed by atoms with E-state index in [1.54, 1.807) is 22.6 Å². The van der Waals surface area contributed by atoms with Gasteiger partial charge in [-0.2, -0.15) is 0 Å². The fraction of sp³-hybridized carbons (Fsp3) is 0.417. The first kappa shape index (κ1) is 16.6. The number of hydrogen-bond acceptors (Lipinski definition) is 4. The molecular weight excluding hydrogens is 382 g/mol. The van der Waals surface area contributed by atoms with Crippen molar-refractivity contribution in [2.45, 2.75) is 26.3 Å². The fourth-order valence-electron chi connectivity index (χ4n) is 1.68. The van der Waals surface area contributed by atoms with Gasteiger partial charge in [-0.05, 0) is 34.9 Å². The molecule has 0 spiro atoms. The molecule has 2 N–H and O–H groups in total. The molecule has 0 aliphatic heterocycles. The number of benzene rings is 1. The number of aliphatic carboxylic acids is 1. The number of carboxylic acid groups (broad SMARTS) is 1. The van der Waals surface area contributed by atoms with Crippen LogP contribution in [-0.2, 0) is 4.79 Å². The van der Waals surface area contributed by atoms with Crippen LogP contribution in [-0.4, -0.2) is 22.0 Å². The molecule has 1 rings (SSSR count). The molecular formula is C12H14FIN2O4. The summed E-state index contributed by atoms with van der Waals surface area (Å²) < 4.78 is 13.6. The monoisotopic (exact) mass is 396 g/mol. The average Bonchev–Trinajstić information content (AvgIpc) is 2.31. The molecule has 1 atom stereocenters. The summed E-state index contributed by atoms with van der Waals surface area (Å²) in [6.45, 7) is 3.67. The summed E-state index contributed by atoms with van der Waals surface area (Å²) in [6, 6.07) is 1.02. The highest BCUT2D eigenvalue weighted by molar-refractivity contribution is 14.1. The number of nitro groups is 1. The van der Waals surface area contributed by atoms with Crippen LogP contribution in [0.4, 0.5) is 15.8 Å².